The van der Waals surface area contributed by atoms with Gasteiger partial charge in [-0.25, -0.2) is 4.79 Å². The van der Waals surface area contributed by atoms with Crippen LogP contribution in [0.2, 0.25) is 0 Å². The second-order valence-electron chi connectivity index (χ2n) is 25.0. The van der Waals surface area contributed by atoms with Crippen LogP contribution in [0.4, 0.5) is 0 Å². The predicted molar refractivity (Wildman–Crippen MR) is 268 cm³/mol. The van der Waals surface area contributed by atoms with Crippen molar-refractivity contribution in [2.45, 2.75) is 248 Å². The molecule has 0 bridgehead atoms. The van der Waals surface area contributed by atoms with Gasteiger partial charge in [-0.2, -0.15) is 0 Å². The summed E-state index contributed by atoms with van der Waals surface area (Å²) in [5, 5.41) is 80.5. The molecule has 0 aromatic carbocycles. The number of carbonyl (C=O) groups is 4. The molecular formula is C56H82O24. The molecule has 7 N–H and O–H groups in total. The predicted octanol–water partition coefficient (Wildman–Crippen LogP) is 0.864. The van der Waals surface area contributed by atoms with Crippen molar-refractivity contribution < 1.29 is 117 Å². The maximum atomic E-state index is 13.0. The summed E-state index contributed by atoms with van der Waals surface area (Å²) in [4.78, 5) is 50.1. The first-order chi connectivity index (χ1) is 37.5. The zero-order chi connectivity index (χ0) is 58.1. The van der Waals surface area contributed by atoms with E-state index in [1.807, 2.05) is 6.92 Å². The highest BCUT2D eigenvalue weighted by Crippen LogP contribution is 2.71. The second-order valence-corrected chi connectivity index (χ2v) is 25.0. The van der Waals surface area contributed by atoms with Crippen molar-refractivity contribution in [3.63, 3.8) is 0 Å². The van der Waals surface area contributed by atoms with Gasteiger partial charge < -0.3 is 97.3 Å². The fourth-order valence-corrected chi connectivity index (χ4v) is 16.0. The van der Waals surface area contributed by atoms with E-state index in [1.165, 1.54) is 13.8 Å². The number of fused-ring (bicyclic) bond motifs is 7. The number of hydrogen-bond acceptors (Lipinski definition) is 24. The fraction of sp³-hybridized carbons (Fsp3) is 0.857. The van der Waals surface area contributed by atoms with Crippen LogP contribution in [-0.2, 0) is 80.8 Å². The molecule has 10 rings (SSSR count). The highest BCUT2D eigenvalue weighted by molar-refractivity contribution is 5.78. The molecule has 2 spiro atoms. The van der Waals surface area contributed by atoms with E-state index in [0.717, 1.165) is 45.6 Å². The lowest BCUT2D eigenvalue weighted by molar-refractivity contribution is -0.393. The van der Waals surface area contributed by atoms with E-state index < -0.39 is 163 Å². The van der Waals surface area contributed by atoms with E-state index >= 15 is 0 Å². The number of aliphatic hydroxyl groups excluding tert-OH is 6. The SMILES string of the molecule is C=C1CO[C@]2(O[C@@H]3C[C@H]4[C@@H]5CC=C6C[C@@H](O)CC(O[C@H]7OC[C@@H](O)[C@H](O)[C@H]7O[C@H]7O[C@H](C)[C@@H](OC(C)=O)[C@@H](OC(C)=O)[C@H]7OC(C)=O)[C@]6(C)[C@@H]5CC[C@@]4(C)[C@@H]3[C@@H]2C)[C@H](O)[C@@H]1O[C@H]1O[C@H](C)[C@@]2(OC(=O)[C@H]([C@@](C)(O)CC)O2)[C@@H](O)[C@H]1O. The summed E-state index contributed by atoms with van der Waals surface area (Å²) in [7, 11) is 0. The molecule has 80 heavy (non-hydrogen) atoms. The molecule has 0 radical (unpaired) electrons. The molecule has 6 aliphatic heterocycles. The van der Waals surface area contributed by atoms with Gasteiger partial charge in [-0.3, -0.25) is 14.4 Å². The molecule has 450 valence electrons. The van der Waals surface area contributed by atoms with Crippen molar-refractivity contribution >= 4 is 23.9 Å². The van der Waals surface area contributed by atoms with Gasteiger partial charge in [0.15, 0.2) is 49.4 Å². The summed E-state index contributed by atoms with van der Waals surface area (Å²) in [5.41, 5.74) is -1.27. The molecule has 1 unspecified atom stereocenters. The summed E-state index contributed by atoms with van der Waals surface area (Å²) in [5.74, 6) is -7.17. The number of ether oxygens (including phenoxy) is 13. The van der Waals surface area contributed by atoms with Crippen LogP contribution in [0.15, 0.2) is 23.8 Å². The van der Waals surface area contributed by atoms with E-state index in [9.17, 15) is 54.9 Å². The number of hydrogen-bond donors (Lipinski definition) is 7. The summed E-state index contributed by atoms with van der Waals surface area (Å²) in [6.07, 6.45) is -19.3. The Morgan fingerprint density at radius 3 is 2.15 bits per heavy atom. The lowest BCUT2D eigenvalue weighted by atomic mass is 9.46. The lowest BCUT2D eigenvalue weighted by Crippen LogP contribution is -2.68. The van der Waals surface area contributed by atoms with Crippen LogP contribution in [0.5, 0.6) is 0 Å². The third-order valence-corrected chi connectivity index (χ3v) is 20.2. The van der Waals surface area contributed by atoms with E-state index in [2.05, 4.69) is 26.5 Å². The quantitative estimate of drug-likeness (QED) is 0.0857. The minimum atomic E-state index is -2.16. The minimum Gasteiger partial charge on any atom is -0.456 e. The fourth-order valence-electron chi connectivity index (χ4n) is 16.0. The summed E-state index contributed by atoms with van der Waals surface area (Å²) < 4.78 is 79.7. The van der Waals surface area contributed by atoms with Crippen LogP contribution < -0.4 is 0 Å². The Morgan fingerprint density at radius 2 is 1.48 bits per heavy atom. The molecule has 10 aliphatic rings. The number of rotatable bonds is 11. The lowest BCUT2D eigenvalue weighted by Gasteiger charge is -2.60. The van der Waals surface area contributed by atoms with Gasteiger partial charge in [0.25, 0.3) is 5.79 Å². The Morgan fingerprint density at radius 1 is 0.800 bits per heavy atom. The summed E-state index contributed by atoms with van der Waals surface area (Å²) in [6, 6.07) is 0. The molecule has 24 heteroatoms. The highest BCUT2D eigenvalue weighted by atomic mass is 16.8. The van der Waals surface area contributed by atoms with Crippen molar-refractivity contribution in [3.05, 3.63) is 23.8 Å². The van der Waals surface area contributed by atoms with Crippen molar-refractivity contribution in [3.8, 4) is 0 Å². The van der Waals surface area contributed by atoms with Gasteiger partial charge in [0.05, 0.1) is 43.2 Å². The highest BCUT2D eigenvalue weighted by Gasteiger charge is 2.73. The summed E-state index contributed by atoms with van der Waals surface area (Å²) in [6.45, 7) is 19.7. The number of esters is 4. The zero-order valence-corrected chi connectivity index (χ0v) is 47.1. The van der Waals surface area contributed by atoms with Gasteiger partial charge in [-0.1, -0.05) is 45.9 Å². The molecular weight excluding hydrogens is 1060 g/mol. The molecule has 0 aromatic heterocycles. The number of aliphatic hydroxyl groups is 7. The molecule has 24 nitrogen and oxygen atoms in total. The maximum absolute atomic E-state index is 13.0. The standard InChI is InChI=1S/C56H82O24/c1-12-53(10,67)47-48(66)80-56(79-47)25(5)71-49(39(63)45(56)64)76-40-22(2)20-69-55(46(40)65)23(3)37-35(78-55)19-33-31-14-13-29-17-30(60)18-36(54(29,11)32(31)15-16-52(33,37)9)75-50-42(38(62)34(61)21-68-50)77-51-44(74-28(8)59)43(73-27(7)58)41(24(4)70-51)72-26(6)57/h13,23-25,30-47,49-51,60-65,67H,2,12,14-21H2,1,3-11H3/t23-,24+,25+,30+,31+,32+,33-,34+,35+,36?,37+,38-,39+,40+,41+,42+,43+,44+,45-,46+,47+,49+,50+,51+,52+,53-,54-,55+,56+/m0/s1. The molecule has 6 saturated heterocycles. The monoisotopic (exact) mass is 1140 g/mol. The molecule has 0 amide bonds. The van der Waals surface area contributed by atoms with Gasteiger partial charge in [-0.05, 0) is 94.0 Å². The second kappa shape index (κ2) is 21.7. The first kappa shape index (κ1) is 59.9. The van der Waals surface area contributed by atoms with Crippen molar-refractivity contribution in [2.75, 3.05) is 13.2 Å². The van der Waals surface area contributed by atoms with Gasteiger partial charge in [0, 0.05) is 38.5 Å². The summed E-state index contributed by atoms with van der Waals surface area (Å²) >= 11 is 0. The van der Waals surface area contributed by atoms with E-state index in [-0.39, 0.29) is 61.2 Å². The number of carbonyl (C=O) groups excluding carboxylic acids is 4. The molecule has 4 aliphatic carbocycles. The Kier molecular flexibility index (Phi) is 16.2. The van der Waals surface area contributed by atoms with E-state index in [0.29, 0.717) is 18.4 Å². The normalized spacial score (nSPS) is 51.5. The van der Waals surface area contributed by atoms with Crippen LogP contribution in [-0.4, -0.2) is 207 Å². The van der Waals surface area contributed by atoms with E-state index in [1.54, 1.807) is 13.8 Å². The van der Waals surface area contributed by atoms with E-state index in [4.69, 9.17) is 61.6 Å². The van der Waals surface area contributed by atoms with Crippen LogP contribution in [0, 0.1) is 40.4 Å². The van der Waals surface area contributed by atoms with Gasteiger partial charge in [0.1, 0.15) is 42.7 Å². The average Bonchev–Trinajstić information content (AvgIpc) is 4.20. The van der Waals surface area contributed by atoms with Gasteiger partial charge in [0.2, 0.25) is 5.79 Å². The Labute approximate surface area is 464 Å². The topological polar surface area (TPSA) is 330 Å². The maximum Gasteiger partial charge on any atom is 0.341 e. The molecule has 6 heterocycles. The third kappa shape index (κ3) is 9.69. The largest absolute Gasteiger partial charge is 0.456 e. The van der Waals surface area contributed by atoms with Crippen LogP contribution in [0.1, 0.15) is 114 Å². The Bertz CT molecular complexity index is 2420. The molecule has 9 fully saturated rings. The first-order valence-electron chi connectivity index (χ1n) is 28.3. The van der Waals surface area contributed by atoms with Crippen LogP contribution in [0.3, 0.4) is 0 Å². The Hall–Kier alpha value is -3.28. The van der Waals surface area contributed by atoms with Gasteiger partial charge in [-0.15, -0.1) is 0 Å². The molecule has 0 aromatic rings. The van der Waals surface area contributed by atoms with Crippen molar-refractivity contribution in [1.82, 2.24) is 0 Å². The van der Waals surface area contributed by atoms with Crippen molar-refractivity contribution in [1.29, 1.82) is 0 Å². The Balaban J connectivity index is 0.856. The smallest absolute Gasteiger partial charge is 0.341 e. The first-order valence-corrected chi connectivity index (χ1v) is 28.3. The molecule has 29 atom stereocenters. The van der Waals surface area contributed by atoms with Crippen LogP contribution in [0.25, 0.3) is 0 Å². The van der Waals surface area contributed by atoms with Crippen LogP contribution >= 0.6 is 0 Å². The van der Waals surface area contributed by atoms with Crippen molar-refractivity contribution in [2.24, 2.45) is 40.4 Å². The number of allylic oxidation sites excluding steroid dienone is 1. The zero-order valence-electron chi connectivity index (χ0n) is 47.1. The minimum absolute atomic E-state index is 0.0264. The third-order valence-electron chi connectivity index (χ3n) is 20.2. The van der Waals surface area contributed by atoms with Gasteiger partial charge >= 0.3 is 23.9 Å². The average molecular weight is 1140 g/mol. The molecule has 3 saturated carbocycles.